The first kappa shape index (κ1) is 20.4. The minimum absolute atomic E-state index is 0.0174. The fourth-order valence-electron chi connectivity index (χ4n) is 3.05. The van der Waals surface area contributed by atoms with E-state index in [1.165, 1.54) is 0 Å². The van der Waals surface area contributed by atoms with Crippen molar-refractivity contribution < 1.29 is 18.0 Å². The van der Waals surface area contributed by atoms with Crippen molar-refractivity contribution in [2.24, 2.45) is 0 Å². The number of rotatable bonds is 3. The second-order valence-electron chi connectivity index (χ2n) is 6.63. The first-order chi connectivity index (χ1) is 14.2. The van der Waals surface area contributed by atoms with Gasteiger partial charge in [-0.1, -0.05) is 29.8 Å². The van der Waals surface area contributed by atoms with Gasteiger partial charge in [0, 0.05) is 10.3 Å². The number of fused-ring (bicyclic) bond motifs is 1. The number of benzene rings is 2. The molecule has 0 spiro atoms. The molecule has 4 rings (SSSR count). The summed E-state index contributed by atoms with van der Waals surface area (Å²) in [5.74, 6) is -0.565. The highest BCUT2D eigenvalue weighted by molar-refractivity contribution is 7.15. The van der Waals surface area contributed by atoms with Crippen molar-refractivity contribution in [3.8, 4) is 10.6 Å². The first-order valence-electron chi connectivity index (χ1n) is 8.87. The standard InChI is InChI=1S/C22H14ClF3N2OS/c1-12-6-9-20(30-12)19-11-15(14-4-2-3-5-17(14)27-19)21(29)28-18-10-13(22(24,25)26)7-8-16(18)23/h2-11H,1H3,(H,28,29). The Morgan fingerprint density at radius 2 is 1.83 bits per heavy atom. The highest BCUT2D eigenvalue weighted by Crippen LogP contribution is 2.35. The number of nitrogens with one attached hydrogen (secondary N) is 1. The Morgan fingerprint density at radius 1 is 1.07 bits per heavy atom. The fraction of sp³-hybridized carbons (Fsp3) is 0.0909. The number of pyridine rings is 1. The van der Waals surface area contributed by atoms with Gasteiger partial charge in [-0.25, -0.2) is 4.98 Å². The molecule has 0 aliphatic carbocycles. The average Bonchev–Trinajstić information content (AvgIpc) is 3.14. The molecule has 8 heteroatoms. The number of alkyl halides is 3. The Bertz CT molecular complexity index is 1270. The van der Waals surface area contributed by atoms with Crippen LogP contribution in [-0.2, 0) is 6.18 Å². The molecule has 4 aromatic rings. The van der Waals surface area contributed by atoms with Gasteiger partial charge in [-0.05, 0) is 49.4 Å². The van der Waals surface area contributed by atoms with Gasteiger partial charge in [0.05, 0.1) is 37.9 Å². The van der Waals surface area contributed by atoms with Crippen LogP contribution >= 0.6 is 22.9 Å². The predicted molar refractivity (Wildman–Crippen MR) is 114 cm³/mol. The summed E-state index contributed by atoms with van der Waals surface area (Å²) in [6.45, 7) is 1.97. The number of thiophene rings is 1. The molecule has 30 heavy (non-hydrogen) atoms. The van der Waals surface area contributed by atoms with Gasteiger partial charge in [-0.2, -0.15) is 13.2 Å². The van der Waals surface area contributed by atoms with E-state index in [2.05, 4.69) is 10.3 Å². The van der Waals surface area contributed by atoms with Crippen LogP contribution < -0.4 is 5.32 Å². The summed E-state index contributed by atoms with van der Waals surface area (Å²) >= 11 is 7.57. The number of nitrogens with zero attached hydrogens (tertiary/aromatic N) is 1. The molecule has 152 valence electrons. The zero-order valence-electron chi connectivity index (χ0n) is 15.5. The number of aryl methyl sites for hydroxylation is 1. The smallest absolute Gasteiger partial charge is 0.321 e. The zero-order valence-corrected chi connectivity index (χ0v) is 17.1. The van der Waals surface area contributed by atoms with Gasteiger partial charge >= 0.3 is 6.18 Å². The van der Waals surface area contributed by atoms with Gasteiger partial charge in [-0.3, -0.25) is 4.79 Å². The number of amides is 1. The third-order valence-corrected chi connectivity index (χ3v) is 5.85. The third-order valence-electron chi connectivity index (χ3n) is 4.50. The van der Waals surface area contributed by atoms with Crippen LogP contribution in [0.15, 0.2) is 60.7 Å². The Hall–Kier alpha value is -2.90. The number of para-hydroxylation sites is 1. The summed E-state index contributed by atoms with van der Waals surface area (Å²) in [5, 5.41) is 3.13. The predicted octanol–water partition coefficient (Wildman–Crippen LogP) is 7.20. The van der Waals surface area contributed by atoms with Crippen LogP contribution in [0.3, 0.4) is 0 Å². The Labute approximate surface area is 179 Å². The van der Waals surface area contributed by atoms with Gasteiger partial charge in [0.1, 0.15) is 0 Å². The van der Waals surface area contributed by atoms with E-state index in [9.17, 15) is 18.0 Å². The molecule has 0 fully saturated rings. The van der Waals surface area contributed by atoms with Gasteiger partial charge < -0.3 is 5.32 Å². The summed E-state index contributed by atoms with van der Waals surface area (Å²) in [4.78, 5) is 19.7. The lowest BCUT2D eigenvalue weighted by Gasteiger charge is -2.13. The molecule has 3 nitrogen and oxygen atoms in total. The summed E-state index contributed by atoms with van der Waals surface area (Å²) < 4.78 is 39.1. The maximum absolute atomic E-state index is 13.1. The summed E-state index contributed by atoms with van der Waals surface area (Å²) in [6, 6.07) is 15.4. The zero-order chi connectivity index (χ0) is 21.5. The van der Waals surface area contributed by atoms with E-state index in [1.54, 1.807) is 35.6 Å². The van der Waals surface area contributed by atoms with Crippen molar-refractivity contribution in [2.75, 3.05) is 5.32 Å². The fourth-order valence-corrected chi connectivity index (χ4v) is 4.04. The molecule has 0 unspecified atom stereocenters. The SMILES string of the molecule is Cc1ccc(-c2cc(C(=O)Nc3cc(C(F)(F)F)ccc3Cl)c3ccccc3n2)s1. The van der Waals surface area contributed by atoms with E-state index in [1.807, 2.05) is 25.1 Å². The maximum atomic E-state index is 13.1. The van der Waals surface area contributed by atoms with Gasteiger partial charge in [0.15, 0.2) is 0 Å². The summed E-state index contributed by atoms with van der Waals surface area (Å²) in [5.41, 5.74) is 0.533. The lowest BCUT2D eigenvalue weighted by Crippen LogP contribution is -2.14. The molecule has 0 saturated carbocycles. The topological polar surface area (TPSA) is 42.0 Å². The third kappa shape index (κ3) is 4.04. The van der Waals surface area contributed by atoms with Crippen LogP contribution in [-0.4, -0.2) is 10.9 Å². The van der Waals surface area contributed by atoms with E-state index in [4.69, 9.17) is 11.6 Å². The Balaban J connectivity index is 1.78. The molecule has 1 N–H and O–H groups in total. The Kier molecular flexibility index (Phi) is 5.26. The Morgan fingerprint density at radius 3 is 2.53 bits per heavy atom. The largest absolute Gasteiger partial charge is 0.416 e. The van der Waals surface area contributed by atoms with Crippen molar-refractivity contribution in [1.29, 1.82) is 0 Å². The lowest BCUT2D eigenvalue weighted by molar-refractivity contribution is -0.137. The highest BCUT2D eigenvalue weighted by Gasteiger charge is 2.31. The minimum Gasteiger partial charge on any atom is -0.321 e. The van der Waals surface area contributed by atoms with Crippen molar-refractivity contribution in [2.45, 2.75) is 13.1 Å². The van der Waals surface area contributed by atoms with Crippen LogP contribution in [0.1, 0.15) is 20.8 Å². The van der Waals surface area contributed by atoms with Crippen LogP contribution in [0.4, 0.5) is 18.9 Å². The van der Waals surface area contributed by atoms with Gasteiger partial charge in [0.25, 0.3) is 5.91 Å². The lowest BCUT2D eigenvalue weighted by atomic mass is 10.1. The number of carbonyl (C=O) groups excluding carboxylic acids is 1. The molecule has 0 radical (unpaired) electrons. The van der Waals surface area contributed by atoms with E-state index < -0.39 is 17.6 Å². The normalized spacial score (nSPS) is 11.6. The quantitative estimate of drug-likeness (QED) is 0.361. The van der Waals surface area contributed by atoms with Crippen molar-refractivity contribution in [3.63, 3.8) is 0 Å². The highest BCUT2D eigenvalue weighted by atomic mass is 35.5. The summed E-state index contributed by atoms with van der Waals surface area (Å²) in [6.07, 6.45) is -4.54. The number of hydrogen-bond donors (Lipinski definition) is 1. The van der Waals surface area contributed by atoms with Crippen molar-refractivity contribution in [1.82, 2.24) is 4.98 Å². The molecule has 0 atom stereocenters. The van der Waals surface area contributed by atoms with Crippen LogP contribution in [0, 0.1) is 6.92 Å². The van der Waals surface area contributed by atoms with Gasteiger partial charge in [-0.15, -0.1) is 11.3 Å². The molecule has 0 aliphatic heterocycles. The molecule has 1 amide bonds. The monoisotopic (exact) mass is 446 g/mol. The van der Waals surface area contributed by atoms with Gasteiger partial charge in [0.2, 0.25) is 0 Å². The maximum Gasteiger partial charge on any atom is 0.416 e. The van der Waals surface area contributed by atoms with E-state index in [0.717, 1.165) is 28.0 Å². The molecule has 0 saturated heterocycles. The second kappa shape index (κ2) is 7.74. The molecular formula is C22H14ClF3N2OS. The number of anilines is 1. The van der Waals surface area contributed by atoms with E-state index in [0.29, 0.717) is 22.2 Å². The first-order valence-corrected chi connectivity index (χ1v) is 10.1. The van der Waals surface area contributed by atoms with Crippen LogP contribution in [0.25, 0.3) is 21.5 Å². The van der Waals surface area contributed by atoms with Crippen molar-refractivity contribution in [3.05, 3.63) is 81.7 Å². The van der Waals surface area contributed by atoms with E-state index in [-0.39, 0.29) is 10.7 Å². The summed E-state index contributed by atoms with van der Waals surface area (Å²) in [7, 11) is 0. The molecular weight excluding hydrogens is 433 g/mol. The molecule has 0 aliphatic rings. The minimum atomic E-state index is -4.54. The van der Waals surface area contributed by atoms with E-state index >= 15 is 0 Å². The number of halogens is 4. The second-order valence-corrected chi connectivity index (χ2v) is 8.32. The molecule has 2 aromatic carbocycles. The average molecular weight is 447 g/mol. The molecule has 2 heterocycles. The van der Waals surface area contributed by atoms with Crippen molar-refractivity contribution >= 4 is 45.4 Å². The molecule has 2 aromatic heterocycles. The number of hydrogen-bond acceptors (Lipinski definition) is 3. The van der Waals surface area contributed by atoms with Crippen LogP contribution in [0.2, 0.25) is 5.02 Å². The van der Waals surface area contributed by atoms with Crippen LogP contribution in [0.5, 0.6) is 0 Å². The number of aromatic nitrogens is 1. The number of carbonyl (C=O) groups is 1. The molecule has 0 bridgehead atoms.